The molecule has 1 heterocycles. The molecule has 1 aromatic rings. The van der Waals surface area contributed by atoms with Crippen molar-refractivity contribution in [2.75, 3.05) is 6.61 Å². The summed E-state index contributed by atoms with van der Waals surface area (Å²) in [6.45, 7) is 6.62. The van der Waals surface area contributed by atoms with Gasteiger partial charge in [0.1, 0.15) is 17.9 Å². The van der Waals surface area contributed by atoms with E-state index in [1.807, 2.05) is 25.6 Å². The van der Waals surface area contributed by atoms with Crippen molar-refractivity contribution in [3.8, 4) is 5.75 Å². The summed E-state index contributed by atoms with van der Waals surface area (Å²) in [6, 6.07) is 0. The van der Waals surface area contributed by atoms with Gasteiger partial charge in [0.2, 0.25) is 0 Å². The van der Waals surface area contributed by atoms with Crippen molar-refractivity contribution >= 4 is 0 Å². The highest BCUT2D eigenvalue weighted by atomic mass is 16.6. The lowest BCUT2D eigenvalue weighted by atomic mass is 9.88. The number of hydrogen-bond acceptors (Lipinski definition) is 4. The second-order valence-electron chi connectivity index (χ2n) is 4.92. The summed E-state index contributed by atoms with van der Waals surface area (Å²) >= 11 is 0. The fraction of sp³-hybridized carbons (Fsp3) is 0.769. The Kier molecular flexibility index (Phi) is 3.92. The molecule has 5 heteroatoms. The second-order valence-corrected chi connectivity index (χ2v) is 4.92. The molecular formula is C13H22N2O3. The highest BCUT2D eigenvalue weighted by Crippen LogP contribution is 2.32. The minimum atomic E-state index is -0.404. The van der Waals surface area contributed by atoms with Crippen LogP contribution in [0.25, 0.3) is 0 Å². The standard InChI is InChI=1S/C13H22N2O3/c1-5-6-17-13-10(16)7-11(13)18-12-8(2)14-15(4)9(12)3/h10-11,13,16H,5-7H2,1-4H3. The average molecular weight is 254 g/mol. The van der Waals surface area contributed by atoms with Crippen LogP contribution in [0.5, 0.6) is 5.75 Å². The van der Waals surface area contributed by atoms with Gasteiger partial charge in [-0.2, -0.15) is 5.10 Å². The van der Waals surface area contributed by atoms with Gasteiger partial charge in [-0.15, -0.1) is 0 Å². The van der Waals surface area contributed by atoms with Gasteiger partial charge < -0.3 is 14.6 Å². The van der Waals surface area contributed by atoms with E-state index in [1.54, 1.807) is 0 Å². The summed E-state index contributed by atoms with van der Waals surface area (Å²) in [5.74, 6) is 0.819. The van der Waals surface area contributed by atoms with Crippen LogP contribution >= 0.6 is 0 Å². The number of aromatic nitrogens is 2. The zero-order chi connectivity index (χ0) is 13.3. The molecule has 1 aliphatic rings. The Hall–Kier alpha value is -1.07. The van der Waals surface area contributed by atoms with Crippen molar-refractivity contribution in [3.63, 3.8) is 0 Å². The van der Waals surface area contributed by atoms with E-state index < -0.39 is 6.10 Å². The molecular weight excluding hydrogens is 232 g/mol. The molecule has 102 valence electrons. The molecule has 3 atom stereocenters. The Morgan fingerprint density at radius 1 is 1.44 bits per heavy atom. The summed E-state index contributed by atoms with van der Waals surface area (Å²) < 4.78 is 13.4. The number of hydrogen-bond donors (Lipinski definition) is 1. The lowest BCUT2D eigenvalue weighted by Gasteiger charge is -2.40. The number of aliphatic hydroxyl groups excluding tert-OH is 1. The molecule has 0 bridgehead atoms. The molecule has 18 heavy (non-hydrogen) atoms. The maximum absolute atomic E-state index is 9.70. The van der Waals surface area contributed by atoms with Crippen LogP contribution in [-0.2, 0) is 11.8 Å². The molecule has 0 aliphatic heterocycles. The lowest BCUT2D eigenvalue weighted by molar-refractivity contribution is -0.162. The Balaban J connectivity index is 2.01. The van der Waals surface area contributed by atoms with Crippen LogP contribution < -0.4 is 4.74 Å². The van der Waals surface area contributed by atoms with Crippen LogP contribution in [0.15, 0.2) is 0 Å². The van der Waals surface area contributed by atoms with Crippen molar-refractivity contribution in [1.82, 2.24) is 9.78 Å². The third-order valence-corrected chi connectivity index (χ3v) is 3.45. The van der Waals surface area contributed by atoms with E-state index >= 15 is 0 Å². The summed E-state index contributed by atoms with van der Waals surface area (Å²) in [6.07, 6.45) is 0.902. The normalized spacial score (nSPS) is 27.1. The van der Waals surface area contributed by atoms with Gasteiger partial charge >= 0.3 is 0 Å². The minimum Gasteiger partial charge on any atom is -0.484 e. The van der Waals surface area contributed by atoms with Crippen molar-refractivity contribution in [3.05, 3.63) is 11.4 Å². The van der Waals surface area contributed by atoms with E-state index in [0.29, 0.717) is 13.0 Å². The molecule has 2 rings (SSSR count). The zero-order valence-corrected chi connectivity index (χ0v) is 11.5. The Morgan fingerprint density at radius 2 is 2.17 bits per heavy atom. The summed E-state index contributed by atoms with van der Waals surface area (Å²) in [4.78, 5) is 0. The van der Waals surface area contributed by atoms with Crippen LogP contribution in [0.4, 0.5) is 0 Å². The first-order valence-electron chi connectivity index (χ1n) is 6.51. The highest BCUT2D eigenvalue weighted by Gasteiger charge is 2.43. The fourth-order valence-electron chi connectivity index (χ4n) is 2.22. The molecule has 5 nitrogen and oxygen atoms in total. The molecule has 0 radical (unpaired) electrons. The third kappa shape index (κ3) is 2.37. The fourth-order valence-corrected chi connectivity index (χ4v) is 2.22. The first kappa shape index (κ1) is 13.4. The van der Waals surface area contributed by atoms with E-state index in [0.717, 1.165) is 23.6 Å². The van der Waals surface area contributed by atoms with Gasteiger partial charge in [0, 0.05) is 20.1 Å². The second kappa shape index (κ2) is 5.28. The van der Waals surface area contributed by atoms with Crippen LogP contribution in [0, 0.1) is 13.8 Å². The van der Waals surface area contributed by atoms with E-state index in [9.17, 15) is 5.11 Å². The molecule has 1 N–H and O–H groups in total. The molecule has 0 saturated heterocycles. The molecule has 1 aromatic heterocycles. The summed E-state index contributed by atoms with van der Waals surface area (Å²) in [5.41, 5.74) is 1.88. The summed E-state index contributed by atoms with van der Waals surface area (Å²) in [5, 5.41) is 14.0. The Labute approximate surface area is 108 Å². The van der Waals surface area contributed by atoms with Crippen LogP contribution in [0.2, 0.25) is 0 Å². The number of aliphatic hydroxyl groups is 1. The van der Waals surface area contributed by atoms with Gasteiger partial charge in [-0.25, -0.2) is 0 Å². The predicted octanol–water partition coefficient (Wildman–Crippen LogP) is 1.34. The molecule has 1 aliphatic carbocycles. The van der Waals surface area contributed by atoms with E-state index in [2.05, 4.69) is 12.0 Å². The first-order chi connectivity index (χ1) is 8.54. The van der Waals surface area contributed by atoms with E-state index in [-0.39, 0.29) is 12.2 Å². The predicted molar refractivity (Wildman–Crippen MR) is 67.8 cm³/mol. The van der Waals surface area contributed by atoms with Crippen molar-refractivity contribution < 1.29 is 14.6 Å². The minimum absolute atomic E-state index is 0.0619. The highest BCUT2D eigenvalue weighted by molar-refractivity contribution is 5.32. The molecule has 1 saturated carbocycles. The van der Waals surface area contributed by atoms with Gasteiger partial charge in [0.15, 0.2) is 5.75 Å². The third-order valence-electron chi connectivity index (χ3n) is 3.45. The lowest BCUT2D eigenvalue weighted by Crippen LogP contribution is -2.55. The smallest absolute Gasteiger partial charge is 0.163 e. The van der Waals surface area contributed by atoms with Crippen LogP contribution in [-0.4, -0.2) is 39.8 Å². The molecule has 0 spiro atoms. The maximum atomic E-state index is 9.70. The Bertz CT molecular complexity index is 417. The van der Waals surface area contributed by atoms with E-state index in [4.69, 9.17) is 9.47 Å². The van der Waals surface area contributed by atoms with Gasteiger partial charge in [-0.3, -0.25) is 4.68 Å². The number of aryl methyl sites for hydroxylation is 2. The SMILES string of the molecule is CCCOC1C(O)CC1Oc1c(C)nn(C)c1C. The number of nitrogens with zero attached hydrogens (tertiary/aromatic N) is 2. The largest absolute Gasteiger partial charge is 0.484 e. The molecule has 1 fully saturated rings. The molecule has 3 unspecified atom stereocenters. The van der Waals surface area contributed by atoms with Crippen LogP contribution in [0.3, 0.4) is 0 Å². The summed E-state index contributed by atoms with van der Waals surface area (Å²) in [7, 11) is 1.90. The topological polar surface area (TPSA) is 56.5 Å². The first-order valence-corrected chi connectivity index (χ1v) is 6.51. The van der Waals surface area contributed by atoms with E-state index in [1.165, 1.54) is 0 Å². The maximum Gasteiger partial charge on any atom is 0.163 e. The number of ether oxygens (including phenoxy) is 2. The van der Waals surface area contributed by atoms with Crippen molar-refractivity contribution in [2.24, 2.45) is 7.05 Å². The van der Waals surface area contributed by atoms with Crippen molar-refractivity contribution in [1.29, 1.82) is 0 Å². The number of rotatable bonds is 5. The molecule has 0 amide bonds. The van der Waals surface area contributed by atoms with Gasteiger partial charge in [-0.05, 0) is 20.3 Å². The van der Waals surface area contributed by atoms with Gasteiger partial charge in [0.05, 0.1) is 11.8 Å². The van der Waals surface area contributed by atoms with Crippen molar-refractivity contribution in [2.45, 2.75) is 51.9 Å². The van der Waals surface area contributed by atoms with Crippen LogP contribution in [0.1, 0.15) is 31.2 Å². The van der Waals surface area contributed by atoms with Gasteiger partial charge in [-0.1, -0.05) is 6.92 Å². The zero-order valence-electron chi connectivity index (χ0n) is 11.5. The Morgan fingerprint density at radius 3 is 2.67 bits per heavy atom. The van der Waals surface area contributed by atoms with Gasteiger partial charge in [0.25, 0.3) is 0 Å². The quantitative estimate of drug-likeness (QED) is 0.861. The monoisotopic (exact) mass is 254 g/mol. The molecule has 0 aromatic carbocycles. The average Bonchev–Trinajstić information content (AvgIpc) is 2.55.